The highest BCUT2D eigenvalue weighted by molar-refractivity contribution is 6.21. The number of halogens is 1. The van der Waals surface area contributed by atoms with Gasteiger partial charge in [0, 0.05) is 25.2 Å². The first-order valence-electron chi connectivity index (χ1n) is 6.67. The van der Waals surface area contributed by atoms with Gasteiger partial charge in [-0.3, -0.25) is 10.1 Å². The zero-order chi connectivity index (χ0) is 13.8. The average molecular weight is 283 g/mol. The van der Waals surface area contributed by atoms with E-state index in [1.807, 2.05) is 0 Å². The van der Waals surface area contributed by atoms with Crippen LogP contribution in [0, 0.1) is 16.0 Å². The summed E-state index contributed by atoms with van der Waals surface area (Å²) >= 11 is 6.41. The molecule has 0 amide bonds. The van der Waals surface area contributed by atoms with E-state index in [4.69, 9.17) is 11.6 Å². The number of hydrogen-bond acceptors (Lipinski definition) is 3. The van der Waals surface area contributed by atoms with Crippen molar-refractivity contribution in [3.05, 3.63) is 39.9 Å². The minimum atomic E-state index is -0.390. The molecule has 104 valence electrons. The number of nitrogens with zero attached hydrogens (tertiary/aromatic N) is 2. The van der Waals surface area contributed by atoms with Gasteiger partial charge in [-0.2, -0.15) is 0 Å². The van der Waals surface area contributed by atoms with Gasteiger partial charge in [-0.1, -0.05) is 19.1 Å². The molecule has 1 aliphatic rings. The van der Waals surface area contributed by atoms with Crippen molar-refractivity contribution in [2.75, 3.05) is 19.6 Å². The van der Waals surface area contributed by atoms with Gasteiger partial charge in [-0.05, 0) is 30.9 Å². The molecular formula is C14H19ClN2O2. The molecule has 2 atom stereocenters. The van der Waals surface area contributed by atoms with E-state index in [1.54, 1.807) is 12.1 Å². The molecule has 0 saturated carbocycles. The molecule has 0 aromatic heterocycles. The first kappa shape index (κ1) is 14.3. The van der Waals surface area contributed by atoms with Crippen molar-refractivity contribution in [2.45, 2.75) is 25.1 Å². The van der Waals surface area contributed by atoms with Crippen LogP contribution in [-0.2, 0) is 0 Å². The van der Waals surface area contributed by atoms with Crippen LogP contribution in [0.1, 0.15) is 30.7 Å². The molecule has 0 radical (unpaired) electrons. The Balaban J connectivity index is 1.95. The standard InChI is InChI=1S/C14H19ClN2O2/c1-11-3-2-8-16(9-11)10-14(15)12-4-6-13(7-5-12)17(18)19/h4-7,11,14H,2-3,8-10H2,1H3. The number of rotatable bonds is 4. The second kappa shape index (κ2) is 6.35. The van der Waals surface area contributed by atoms with Crippen LogP contribution in [0.25, 0.3) is 0 Å². The number of piperidine rings is 1. The lowest BCUT2D eigenvalue weighted by atomic mass is 10.00. The minimum absolute atomic E-state index is 0.105. The molecule has 1 aromatic carbocycles. The molecule has 0 N–H and O–H groups in total. The topological polar surface area (TPSA) is 46.4 Å². The lowest BCUT2D eigenvalue weighted by molar-refractivity contribution is -0.384. The molecule has 2 unspecified atom stereocenters. The van der Waals surface area contributed by atoms with Crippen molar-refractivity contribution in [3.8, 4) is 0 Å². The first-order valence-corrected chi connectivity index (χ1v) is 7.10. The Morgan fingerprint density at radius 3 is 2.74 bits per heavy atom. The van der Waals surface area contributed by atoms with E-state index in [-0.39, 0.29) is 16.0 Å². The molecule has 1 aliphatic heterocycles. The van der Waals surface area contributed by atoms with Gasteiger partial charge < -0.3 is 4.90 Å². The third-order valence-electron chi connectivity index (χ3n) is 3.63. The molecule has 1 aromatic rings. The monoisotopic (exact) mass is 282 g/mol. The van der Waals surface area contributed by atoms with E-state index in [0.29, 0.717) is 0 Å². The maximum absolute atomic E-state index is 10.6. The zero-order valence-corrected chi connectivity index (χ0v) is 11.8. The molecule has 0 bridgehead atoms. The number of non-ortho nitro benzene ring substituents is 1. The number of likely N-dealkylation sites (tertiary alicyclic amines) is 1. The summed E-state index contributed by atoms with van der Waals surface area (Å²) in [5.41, 5.74) is 1.06. The van der Waals surface area contributed by atoms with Gasteiger partial charge in [0.05, 0.1) is 10.3 Å². The van der Waals surface area contributed by atoms with Gasteiger partial charge in [0.2, 0.25) is 0 Å². The van der Waals surface area contributed by atoms with Crippen LogP contribution in [-0.4, -0.2) is 29.5 Å². The van der Waals surface area contributed by atoms with Crippen molar-refractivity contribution in [1.29, 1.82) is 0 Å². The van der Waals surface area contributed by atoms with Crippen LogP contribution in [0.4, 0.5) is 5.69 Å². The molecular weight excluding hydrogens is 264 g/mol. The van der Waals surface area contributed by atoms with Crippen LogP contribution < -0.4 is 0 Å². The second-order valence-corrected chi connectivity index (χ2v) is 5.85. The summed E-state index contributed by atoms with van der Waals surface area (Å²) in [4.78, 5) is 12.6. The third-order valence-corrected chi connectivity index (χ3v) is 4.02. The van der Waals surface area contributed by atoms with Gasteiger partial charge in [-0.25, -0.2) is 0 Å². The Morgan fingerprint density at radius 1 is 1.47 bits per heavy atom. The molecule has 2 rings (SSSR count). The largest absolute Gasteiger partial charge is 0.301 e. The number of alkyl halides is 1. The predicted molar refractivity (Wildman–Crippen MR) is 76.5 cm³/mol. The highest BCUT2D eigenvalue weighted by atomic mass is 35.5. The lowest BCUT2D eigenvalue weighted by Crippen LogP contribution is -2.36. The van der Waals surface area contributed by atoms with E-state index in [9.17, 15) is 10.1 Å². The van der Waals surface area contributed by atoms with E-state index >= 15 is 0 Å². The molecule has 1 saturated heterocycles. The Kier molecular flexibility index (Phi) is 4.77. The predicted octanol–water partition coefficient (Wildman–Crippen LogP) is 3.61. The Labute approximate surface area is 118 Å². The number of hydrogen-bond donors (Lipinski definition) is 0. The zero-order valence-electron chi connectivity index (χ0n) is 11.1. The van der Waals surface area contributed by atoms with Crippen molar-refractivity contribution in [2.24, 2.45) is 5.92 Å². The fraction of sp³-hybridized carbons (Fsp3) is 0.571. The van der Waals surface area contributed by atoms with Gasteiger partial charge in [0.1, 0.15) is 0 Å². The van der Waals surface area contributed by atoms with Gasteiger partial charge in [-0.15, -0.1) is 11.6 Å². The molecule has 19 heavy (non-hydrogen) atoms. The molecule has 1 heterocycles. The molecule has 1 fully saturated rings. The fourth-order valence-corrected chi connectivity index (χ4v) is 2.93. The lowest BCUT2D eigenvalue weighted by Gasteiger charge is -2.32. The average Bonchev–Trinajstić information content (AvgIpc) is 2.39. The normalized spacial score (nSPS) is 22.1. The van der Waals surface area contributed by atoms with E-state index < -0.39 is 0 Å². The van der Waals surface area contributed by atoms with Crippen LogP contribution in [0.15, 0.2) is 24.3 Å². The first-order chi connectivity index (χ1) is 9.06. The Bertz CT molecular complexity index is 436. The van der Waals surface area contributed by atoms with Crippen molar-refractivity contribution < 1.29 is 4.92 Å². The highest BCUT2D eigenvalue weighted by Crippen LogP contribution is 2.26. The van der Waals surface area contributed by atoms with Gasteiger partial charge >= 0.3 is 0 Å². The smallest absolute Gasteiger partial charge is 0.269 e. The van der Waals surface area contributed by atoms with E-state index in [1.165, 1.54) is 25.0 Å². The second-order valence-electron chi connectivity index (χ2n) is 5.32. The van der Waals surface area contributed by atoms with Gasteiger partial charge in [0.25, 0.3) is 5.69 Å². The van der Waals surface area contributed by atoms with E-state index in [2.05, 4.69) is 11.8 Å². The maximum atomic E-state index is 10.6. The quantitative estimate of drug-likeness (QED) is 0.481. The summed E-state index contributed by atoms with van der Waals surface area (Å²) in [6.45, 7) is 5.27. The maximum Gasteiger partial charge on any atom is 0.269 e. The summed E-state index contributed by atoms with van der Waals surface area (Å²) in [5.74, 6) is 0.731. The molecule has 0 aliphatic carbocycles. The fourth-order valence-electron chi connectivity index (χ4n) is 2.59. The number of nitro groups is 1. The summed E-state index contributed by atoms with van der Waals surface area (Å²) in [5, 5.41) is 10.5. The summed E-state index contributed by atoms with van der Waals surface area (Å²) in [6, 6.07) is 6.54. The van der Waals surface area contributed by atoms with Crippen molar-refractivity contribution in [1.82, 2.24) is 4.90 Å². The third kappa shape index (κ3) is 3.91. The van der Waals surface area contributed by atoms with Crippen molar-refractivity contribution >= 4 is 17.3 Å². The summed E-state index contributed by atoms with van der Waals surface area (Å²) in [7, 11) is 0. The van der Waals surface area contributed by atoms with Gasteiger partial charge in [0.15, 0.2) is 0 Å². The highest BCUT2D eigenvalue weighted by Gasteiger charge is 2.20. The van der Waals surface area contributed by atoms with E-state index in [0.717, 1.165) is 31.1 Å². The SMILES string of the molecule is CC1CCCN(CC(Cl)c2ccc([N+](=O)[O-])cc2)C1. The molecule has 4 nitrogen and oxygen atoms in total. The Hall–Kier alpha value is -1.13. The number of benzene rings is 1. The number of nitro benzene ring substituents is 1. The van der Waals surface area contributed by atoms with Crippen LogP contribution in [0.3, 0.4) is 0 Å². The molecule has 0 spiro atoms. The summed E-state index contributed by atoms with van der Waals surface area (Å²) in [6.07, 6.45) is 2.52. The summed E-state index contributed by atoms with van der Waals surface area (Å²) < 4.78 is 0. The van der Waals surface area contributed by atoms with Crippen molar-refractivity contribution in [3.63, 3.8) is 0 Å². The Morgan fingerprint density at radius 2 is 2.16 bits per heavy atom. The minimum Gasteiger partial charge on any atom is -0.301 e. The van der Waals surface area contributed by atoms with Crippen LogP contribution in [0.2, 0.25) is 0 Å². The van der Waals surface area contributed by atoms with Crippen LogP contribution >= 0.6 is 11.6 Å². The molecule has 5 heteroatoms. The van der Waals surface area contributed by atoms with Crippen LogP contribution in [0.5, 0.6) is 0 Å².